The van der Waals surface area contributed by atoms with Crippen LogP contribution in [0.3, 0.4) is 0 Å². The number of carbonyl (C=O) groups is 2. The van der Waals surface area contributed by atoms with E-state index in [9.17, 15) is 18.0 Å². The number of hydrogen-bond acceptors (Lipinski definition) is 6. The number of esters is 1. The highest BCUT2D eigenvalue weighted by atomic mass is 32.2. The summed E-state index contributed by atoms with van der Waals surface area (Å²) in [6, 6.07) is 5.81. The van der Waals surface area contributed by atoms with Crippen LogP contribution in [0.2, 0.25) is 0 Å². The molecule has 1 aromatic carbocycles. The van der Waals surface area contributed by atoms with Gasteiger partial charge in [0.05, 0.1) is 23.7 Å². The molecule has 2 fully saturated rings. The number of morpholine rings is 1. The first kappa shape index (κ1) is 21.7. The molecule has 1 aliphatic carbocycles. The minimum Gasteiger partial charge on any atom is -0.452 e. The van der Waals surface area contributed by atoms with Crippen molar-refractivity contribution in [1.82, 2.24) is 9.62 Å². The van der Waals surface area contributed by atoms with Crippen molar-refractivity contribution in [3.05, 3.63) is 29.8 Å². The summed E-state index contributed by atoms with van der Waals surface area (Å²) in [5.41, 5.74) is 0.0955. The molecule has 1 heterocycles. The zero-order valence-corrected chi connectivity index (χ0v) is 17.4. The molecule has 0 radical (unpaired) electrons. The van der Waals surface area contributed by atoms with Gasteiger partial charge in [0.15, 0.2) is 6.61 Å². The molecule has 160 valence electrons. The molecule has 1 saturated heterocycles. The first-order valence-corrected chi connectivity index (χ1v) is 11.5. The Bertz CT molecular complexity index is 835. The fraction of sp³-hybridized carbons (Fsp3) is 0.600. The third-order valence-corrected chi connectivity index (χ3v) is 7.36. The summed E-state index contributed by atoms with van der Waals surface area (Å²) in [5, 5.41) is 2.92. The van der Waals surface area contributed by atoms with E-state index in [1.165, 1.54) is 35.0 Å². The Hall–Kier alpha value is -1.97. The molecule has 8 nitrogen and oxygen atoms in total. The lowest BCUT2D eigenvalue weighted by atomic mass is 9.86. The van der Waals surface area contributed by atoms with Gasteiger partial charge < -0.3 is 14.8 Å². The lowest BCUT2D eigenvalue weighted by Crippen LogP contribution is -2.42. The smallest absolute Gasteiger partial charge is 0.338 e. The minimum atomic E-state index is -3.71. The summed E-state index contributed by atoms with van der Waals surface area (Å²) in [7, 11) is -3.71. The highest BCUT2D eigenvalue weighted by Crippen LogP contribution is 2.23. The van der Waals surface area contributed by atoms with Crippen LogP contribution >= 0.6 is 0 Å². The van der Waals surface area contributed by atoms with E-state index in [4.69, 9.17) is 9.47 Å². The maximum Gasteiger partial charge on any atom is 0.338 e. The second-order valence-electron chi connectivity index (χ2n) is 7.56. The van der Waals surface area contributed by atoms with Gasteiger partial charge in [-0.15, -0.1) is 0 Å². The molecular formula is C20H28N2O6S. The number of nitrogens with zero attached hydrogens (tertiary/aromatic N) is 1. The summed E-state index contributed by atoms with van der Waals surface area (Å²) in [4.78, 5) is 24.5. The molecule has 1 amide bonds. The largest absolute Gasteiger partial charge is 0.452 e. The van der Waals surface area contributed by atoms with Gasteiger partial charge in [0.25, 0.3) is 5.91 Å². The molecule has 1 aliphatic heterocycles. The van der Waals surface area contributed by atoms with Crippen LogP contribution in [-0.4, -0.2) is 63.6 Å². The van der Waals surface area contributed by atoms with Crippen molar-refractivity contribution in [3.63, 3.8) is 0 Å². The van der Waals surface area contributed by atoms with Gasteiger partial charge >= 0.3 is 5.97 Å². The molecule has 29 heavy (non-hydrogen) atoms. The molecule has 1 aromatic rings. The molecule has 9 heteroatoms. The lowest BCUT2D eigenvalue weighted by Gasteiger charge is -2.29. The van der Waals surface area contributed by atoms with E-state index in [0.717, 1.165) is 19.3 Å². The van der Waals surface area contributed by atoms with E-state index in [0.29, 0.717) is 19.1 Å². The second kappa shape index (κ2) is 9.69. The van der Waals surface area contributed by atoms with E-state index in [1.807, 2.05) is 0 Å². The maximum atomic E-state index is 12.7. The van der Waals surface area contributed by atoms with Crippen molar-refractivity contribution in [2.45, 2.75) is 43.5 Å². The number of ether oxygens (including phenoxy) is 2. The standard InChI is InChI=1S/C20H28N2O6S/c1-15-5-2-3-8-18(15)21-19(23)14-28-20(24)16-6-4-7-17(13-16)29(25,26)22-9-11-27-12-10-22/h4,6-7,13,15,18H,2-3,5,8-12,14H2,1H3,(H,21,23)/t15-,18+/m0/s1. The zero-order valence-electron chi connectivity index (χ0n) is 16.6. The third kappa shape index (κ3) is 5.55. The number of nitrogens with one attached hydrogen (secondary N) is 1. The van der Waals surface area contributed by atoms with Crippen LogP contribution < -0.4 is 5.32 Å². The Morgan fingerprint density at radius 1 is 1.21 bits per heavy atom. The Labute approximate surface area is 171 Å². The van der Waals surface area contributed by atoms with E-state index < -0.39 is 16.0 Å². The van der Waals surface area contributed by atoms with Crippen LogP contribution in [0, 0.1) is 5.92 Å². The average molecular weight is 425 g/mol. The Kier molecular flexibility index (Phi) is 7.26. The zero-order chi connectivity index (χ0) is 20.9. The van der Waals surface area contributed by atoms with Crippen molar-refractivity contribution in [2.24, 2.45) is 5.92 Å². The number of carbonyl (C=O) groups excluding carboxylic acids is 2. The van der Waals surface area contributed by atoms with Crippen LogP contribution in [0.1, 0.15) is 43.0 Å². The Balaban J connectivity index is 1.58. The van der Waals surface area contributed by atoms with Crippen LogP contribution in [0.15, 0.2) is 29.2 Å². The summed E-state index contributed by atoms with van der Waals surface area (Å²) in [5.74, 6) is -0.657. The summed E-state index contributed by atoms with van der Waals surface area (Å²) >= 11 is 0. The summed E-state index contributed by atoms with van der Waals surface area (Å²) in [6.45, 7) is 2.96. The summed E-state index contributed by atoms with van der Waals surface area (Å²) in [6.07, 6.45) is 4.27. The highest BCUT2D eigenvalue weighted by Gasteiger charge is 2.27. The van der Waals surface area contributed by atoms with Gasteiger partial charge in [0, 0.05) is 19.1 Å². The molecule has 1 N–H and O–H groups in total. The number of rotatable bonds is 6. The van der Waals surface area contributed by atoms with Crippen LogP contribution in [0.5, 0.6) is 0 Å². The normalized spacial score (nSPS) is 23.3. The van der Waals surface area contributed by atoms with Crippen molar-refractivity contribution in [1.29, 1.82) is 0 Å². The minimum absolute atomic E-state index is 0.0225. The fourth-order valence-electron chi connectivity index (χ4n) is 3.71. The lowest BCUT2D eigenvalue weighted by molar-refractivity contribution is -0.125. The third-order valence-electron chi connectivity index (χ3n) is 5.47. The van der Waals surface area contributed by atoms with Crippen LogP contribution in [0.25, 0.3) is 0 Å². The van der Waals surface area contributed by atoms with E-state index >= 15 is 0 Å². The van der Waals surface area contributed by atoms with Crippen molar-refractivity contribution in [2.75, 3.05) is 32.9 Å². The SMILES string of the molecule is C[C@H]1CCCC[C@H]1NC(=O)COC(=O)c1cccc(S(=O)(=O)N2CCOCC2)c1. The van der Waals surface area contributed by atoms with Crippen molar-refractivity contribution >= 4 is 21.9 Å². The summed E-state index contributed by atoms with van der Waals surface area (Å²) < 4.78 is 37.1. The van der Waals surface area contributed by atoms with Gasteiger partial charge in [0.2, 0.25) is 10.0 Å². The number of sulfonamides is 1. The maximum absolute atomic E-state index is 12.7. The Morgan fingerprint density at radius 2 is 1.93 bits per heavy atom. The van der Waals surface area contributed by atoms with Gasteiger partial charge in [-0.25, -0.2) is 13.2 Å². The number of hydrogen-bond donors (Lipinski definition) is 1. The Morgan fingerprint density at radius 3 is 2.66 bits per heavy atom. The topological polar surface area (TPSA) is 102 Å². The fourth-order valence-corrected chi connectivity index (χ4v) is 5.17. The molecule has 0 aromatic heterocycles. The van der Waals surface area contributed by atoms with E-state index in [-0.39, 0.29) is 42.1 Å². The van der Waals surface area contributed by atoms with Gasteiger partial charge in [0.1, 0.15) is 0 Å². The molecule has 0 bridgehead atoms. The monoisotopic (exact) mass is 424 g/mol. The van der Waals surface area contributed by atoms with Crippen molar-refractivity contribution in [3.8, 4) is 0 Å². The molecule has 3 rings (SSSR count). The highest BCUT2D eigenvalue weighted by molar-refractivity contribution is 7.89. The molecule has 0 spiro atoms. The van der Waals surface area contributed by atoms with Crippen molar-refractivity contribution < 1.29 is 27.5 Å². The number of amides is 1. The first-order valence-electron chi connectivity index (χ1n) is 10.0. The number of benzene rings is 1. The van der Waals surface area contributed by atoms with Crippen LogP contribution in [-0.2, 0) is 24.3 Å². The molecule has 2 aliphatic rings. The van der Waals surface area contributed by atoms with Gasteiger partial charge in [-0.05, 0) is 37.0 Å². The first-order chi connectivity index (χ1) is 13.9. The van der Waals surface area contributed by atoms with Gasteiger partial charge in [-0.1, -0.05) is 25.8 Å². The molecule has 1 saturated carbocycles. The molecular weight excluding hydrogens is 396 g/mol. The quantitative estimate of drug-likeness (QED) is 0.696. The van der Waals surface area contributed by atoms with Gasteiger partial charge in [-0.2, -0.15) is 4.31 Å². The van der Waals surface area contributed by atoms with E-state index in [1.54, 1.807) is 0 Å². The molecule has 0 unspecified atom stereocenters. The average Bonchev–Trinajstić information content (AvgIpc) is 2.74. The molecule has 2 atom stereocenters. The second-order valence-corrected chi connectivity index (χ2v) is 9.49. The predicted molar refractivity (Wildman–Crippen MR) is 106 cm³/mol. The van der Waals surface area contributed by atoms with Gasteiger partial charge in [-0.3, -0.25) is 4.79 Å². The van der Waals surface area contributed by atoms with Crippen LogP contribution in [0.4, 0.5) is 0 Å². The predicted octanol–water partition coefficient (Wildman–Crippen LogP) is 1.56. The van der Waals surface area contributed by atoms with E-state index in [2.05, 4.69) is 12.2 Å².